The van der Waals surface area contributed by atoms with Gasteiger partial charge in [0.05, 0.1) is 0 Å². The lowest BCUT2D eigenvalue weighted by atomic mass is 9.89. The standard InChI is InChI=1S/C17H28BN3O/c1-4-17(2,3)16(22)20-15-10-13(14(18)11-19-15)12-21-8-6-5-7-9-21/h10-11H,4-9,12,18H2,1-3H3,(H,19,20,22). The van der Waals surface area contributed by atoms with Gasteiger partial charge in [-0.15, -0.1) is 0 Å². The van der Waals surface area contributed by atoms with Gasteiger partial charge in [0.2, 0.25) is 5.91 Å². The quantitative estimate of drug-likeness (QED) is 0.842. The molecule has 22 heavy (non-hydrogen) atoms. The van der Waals surface area contributed by atoms with Crippen LogP contribution in [0.2, 0.25) is 0 Å². The summed E-state index contributed by atoms with van der Waals surface area (Å²) in [5, 5.41) is 2.97. The molecule has 0 atom stereocenters. The number of carbonyl (C=O) groups excluding carboxylic acids is 1. The minimum Gasteiger partial charge on any atom is -0.310 e. The highest BCUT2D eigenvalue weighted by Gasteiger charge is 2.25. The van der Waals surface area contributed by atoms with E-state index >= 15 is 0 Å². The maximum Gasteiger partial charge on any atom is 0.231 e. The van der Waals surface area contributed by atoms with Crippen LogP contribution in [0.25, 0.3) is 0 Å². The molecule has 1 aromatic rings. The van der Waals surface area contributed by atoms with Crippen molar-refractivity contribution >= 4 is 25.0 Å². The summed E-state index contributed by atoms with van der Waals surface area (Å²) in [6.07, 6.45) is 6.61. The molecule has 1 N–H and O–H groups in total. The van der Waals surface area contributed by atoms with Crippen molar-refractivity contribution in [3.63, 3.8) is 0 Å². The van der Waals surface area contributed by atoms with Crippen LogP contribution in [0.5, 0.6) is 0 Å². The number of hydrogen-bond acceptors (Lipinski definition) is 3. The molecular weight excluding hydrogens is 273 g/mol. The smallest absolute Gasteiger partial charge is 0.231 e. The van der Waals surface area contributed by atoms with Crippen molar-refractivity contribution in [3.8, 4) is 0 Å². The number of nitrogens with one attached hydrogen (secondary N) is 1. The van der Waals surface area contributed by atoms with Gasteiger partial charge < -0.3 is 5.32 Å². The Labute approximate surface area is 135 Å². The zero-order chi connectivity index (χ0) is 16.2. The first-order valence-electron chi connectivity index (χ1n) is 8.41. The van der Waals surface area contributed by atoms with Crippen LogP contribution in [-0.2, 0) is 11.3 Å². The lowest BCUT2D eigenvalue weighted by molar-refractivity contribution is -0.124. The molecule has 0 aliphatic carbocycles. The van der Waals surface area contributed by atoms with Crippen LogP contribution in [0, 0.1) is 5.41 Å². The van der Waals surface area contributed by atoms with Gasteiger partial charge in [-0.3, -0.25) is 9.69 Å². The van der Waals surface area contributed by atoms with Crippen molar-refractivity contribution in [2.75, 3.05) is 18.4 Å². The van der Waals surface area contributed by atoms with Gasteiger partial charge in [-0.25, -0.2) is 4.98 Å². The van der Waals surface area contributed by atoms with E-state index in [-0.39, 0.29) is 11.3 Å². The number of likely N-dealkylation sites (tertiary alicyclic amines) is 1. The van der Waals surface area contributed by atoms with E-state index in [1.54, 1.807) is 0 Å². The van der Waals surface area contributed by atoms with E-state index in [0.29, 0.717) is 5.82 Å². The number of carbonyl (C=O) groups is 1. The zero-order valence-electron chi connectivity index (χ0n) is 14.4. The Morgan fingerprint density at radius 1 is 1.36 bits per heavy atom. The zero-order valence-corrected chi connectivity index (χ0v) is 14.4. The molecule has 5 heteroatoms. The van der Waals surface area contributed by atoms with Gasteiger partial charge in [-0.1, -0.05) is 32.7 Å². The molecular formula is C17H28BN3O. The first-order chi connectivity index (χ1) is 10.4. The summed E-state index contributed by atoms with van der Waals surface area (Å²) in [5.41, 5.74) is 2.10. The largest absolute Gasteiger partial charge is 0.310 e. The molecule has 4 nitrogen and oxygen atoms in total. The fraction of sp³-hybridized carbons (Fsp3) is 0.647. The number of nitrogens with zero attached hydrogens (tertiary/aromatic N) is 2. The van der Waals surface area contributed by atoms with Gasteiger partial charge in [0.25, 0.3) is 0 Å². The summed E-state index contributed by atoms with van der Waals surface area (Å²) in [5.74, 6) is 0.708. The normalized spacial score (nSPS) is 16.5. The third-order valence-electron chi connectivity index (χ3n) is 4.80. The second kappa shape index (κ2) is 7.27. The molecule has 0 spiro atoms. The third kappa shape index (κ3) is 4.32. The van der Waals surface area contributed by atoms with Gasteiger partial charge >= 0.3 is 0 Å². The summed E-state index contributed by atoms with van der Waals surface area (Å²) >= 11 is 0. The SMILES string of the molecule is Bc1cnc(NC(=O)C(C)(C)CC)cc1CN1CCCCC1. The number of anilines is 1. The second-order valence-corrected chi connectivity index (χ2v) is 7.02. The molecule has 120 valence electrons. The topological polar surface area (TPSA) is 45.2 Å². The monoisotopic (exact) mass is 301 g/mol. The fourth-order valence-electron chi connectivity index (χ4n) is 2.61. The van der Waals surface area contributed by atoms with Crippen LogP contribution in [0.4, 0.5) is 5.82 Å². The Bertz CT molecular complexity index is 525. The van der Waals surface area contributed by atoms with Crippen molar-refractivity contribution in [1.82, 2.24) is 9.88 Å². The van der Waals surface area contributed by atoms with Crippen LogP contribution in [0.15, 0.2) is 12.3 Å². The highest BCUT2D eigenvalue weighted by molar-refractivity contribution is 6.33. The number of hydrogen-bond donors (Lipinski definition) is 1. The first-order valence-corrected chi connectivity index (χ1v) is 8.41. The van der Waals surface area contributed by atoms with Gasteiger partial charge in [-0.2, -0.15) is 0 Å². The van der Waals surface area contributed by atoms with Crippen molar-refractivity contribution in [3.05, 3.63) is 17.8 Å². The Balaban J connectivity index is 2.07. The molecule has 1 saturated heterocycles. The summed E-state index contributed by atoms with van der Waals surface area (Å²) in [6, 6.07) is 2.04. The van der Waals surface area contributed by atoms with Crippen LogP contribution < -0.4 is 10.8 Å². The van der Waals surface area contributed by atoms with E-state index in [1.165, 1.54) is 43.4 Å². The van der Waals surface area contributed by atoms with Crippen molar-refractivity contribution < 1.29 is 4.79 Å². The summed E-state index contributed by atoms with van der Waals surface area (Å²) in [6.45, 7) is 9.26. The summed E-state index contributed by atoms with van der Waals surface area (Å²) in [4.78, 5) is 19.2. The van der Waals surface area contributed by atoms with E-state index in [9.17, 15) is 4.79 Å². The van der Waals surface area contributed by atoms with Gasteiger partial charge in [-0.05, 0) is 44.0 Å². The Hall–Kier alpha value is -1.36. The lowest BCUT2D eigenvalue weighted by Gasteiger charge is -2.27. The third-order valence-corrected chi connectivity index (χ3v) is 4.80. The van der Waals surface area contributed by atoms with E-state index in [2.05, 4.69) is 23.0 Å². The maximum absolute atomic E-state index is 12.3. The van der Waals surface area contributed by atoms with Gasteiger partial charge in [0.15, 0.2) is 0 Å². The Morgan fingerprint density at radius 3 is 2.68 bits per heavy atom. The maximum atomic E-state index is 12.3. The average molecular weight is 301 g/mol. The van der Waals surface area contributed by atoms with Crippen LogP contribution in [0.1, 0.15) is 52.0 Å². The number of amides is 1. The first kappa shape index (κ1) is 17.0. The molecule has 0 bridgehead atoms. The molecule has 1 aliphatic heterocycles. The summed E-state index contributed by atoms with van der Waals surface area (Å²) in [7, 11) is 2.09. The van der Waals surface area contributed by atoms with Crippen LogP contribution in [-0.4, -0.2) is 36.7 Å². The number of aromatic nitrogens is 1. The van der Waals surface area contributed by atoms with E-state index < -0.39 is 0 Å². The Morgan fingerprint density at radius 2 is 2.05 bits per heavy atom. The number of pyridine rings is 1. The fourth-order valence-corrected chi connectivity index (χ4v) is 2.61. The minimum atomic E-state index is -0.362. The van der Waals surface area contributed by atoms with Crippen LogP contribution in [0.3, 0.4) is 0 Å². The second-order valence-electron chi connectivity index (χ2n) is 7.02. The lowest BCUT2D eigenvalue weighted by Crippen LogP contribution is -2.32. The van der Waals surface area contributed by atoms with Crippen molar-refractivity contribution in [2.24, 2.45) is 5.41 Å². The van der Waals surface area contributed by atoms with Gasteiger partial charge in [0, 0.05) is 18.2 Å². The molecule has 2 rings (SSSR count). The molecule has 0 saturated carbocycles. The van der Waals surface area contributed by atoms with Crippen LogP contribution >= 0.6 is 0 Å². The molecule has 1 aliphatic rings. The molecule has 1 amide bonds. The average Bonchev–Trinajstić information content (AvgIpc) is 2.51. The molecule has 0 aromatic carbocycles. The molecule has 0 radical (unpaired) electrons. The Kier molecular flexibility index (Phi) is 5.62. The van der Waals surface area contributed by atoms with E-state index in [1.807, 2.05) is 33.0 Å². The predicted molar refractivity (Wildman–Crippen MR) is 94.2 cm³/mol. The molecule has 1 aromatic heterocycles. The summed E-state index contributed by atoms with van der Waals surface area (Å²) < 4.78 is 0. The predicted octanol–water partition coefficient (Wildman–Crippen LogP) is 1.70. The highest BCUT2D eigenvalue weighted by atomic mass is 16.2. The number of piperidine rings is 1. The number of rotatable bonds is 5. The molecule has 2 heterocycles. The van der Waals surface area contributed by atoms with Crippen molar-refractivity contribution in [1.29, 1.82) is 0 Å². The molecule has 1 fully saturated rings. The van der Waals surface area contributed by atoms with Crippen molar-refractivity contribution in [2.45, 2.75) is 53.0 Å². The van der Waals surface area contributed by atoms with E-state index in [0.717, 1.165) is 13.0 Å². The van der Waals surface area contributed by atoms with Gasteiger partial charge in [0.1, 0.15) is 13.7 Å². The minimum absolute atomic E-state index is 0.0373. The van der Waals surface area contributed by atoms with E-state index in [4.69, 9.17) is 0 Å². The molecule has 0 unspecified atom stereocenters. The highest BCUT2D eigenvalue weighted by Crippen LogP contribution is 2.22.